The summed E-state index contributed by atoms with van der Waals surface area (Å²) in [4.78, 5) is 1.48. The van der Waals surface area contributed by atoms with Gasteiger partial charge in [0.2, 0.25) is 0 Å². The first-order chi connectivity index (χ1) is 6.45. The summed E-state index contributed by atoms with van der Waals surface area (Å²) in [6, 6.07) is -0.230. The Labute approximate surface area is 80.1 Å². The average molecular weight is 213 g/mol. The first-order valence-electron chi connectivity index (χ1n) is 4.55. The van der Waals surface area contributed by atoms with Gasteiger partial charge < -0.3 is 10.2 Å². The topological polar surface area (TPSA) is 43.7 Å². The number of hydrogen-bond acceptors (Lipinski definition) is 3. The number of likely N-dealkylation sites (tertiary alicyclic amines) is 1. The molecule has 84 valence electrons. The lowest BCUT2D eigenvalue weighted by atomic mass is 10.2. The second-order valence-corrected chi connectivity index (χ2v) is 3.53. The summed E-state index contributed by atoms with van der Waals surface area (Å²) in [5.74, 6) is 0. The molecule has 1 aliphatic heterocycles. The molecule has 0 bridgehead atoms. The lowest BCUT2D eigenvalue weighted by Gasteiger charge is -2.26. The van der Waals surface area contributed by atoms with E-state index < -0.39 is 18.8 Å². The van der Waals surface area contributed by atoms with Crippen LogP contribution in [0, 0.1) is 0 Å². The molecule has 2 N–H and O–H groups in total. The molecule has 2 atom stereocenters. The maximum absolute atomic E-state index is 12.0. The molecule has 0 saturated carbocycles. The van der Waals surface area contributed by atoms with Gasteiger partial charge >= 0.3 is 6.18 Å². The number of hydrogen-bond donors (Lipinski definition) is 2. The van der Waals surface area contributed by atoms with Gasteiger partial charge in [-0.1, -0.05) is 0 Å². The van der Waals surface area contributed by atoms with Gasteiger partial charge in [0.05, 0.1) is 6.61 Å². The summed E-state index contributed by atoms with van der Waals surface area (Å²) < 4.78 is 36.0. The van der Waals surface area contributed by atoms with Crippen molar-refractivity contribution in [3.63, 3.8) is 0 Å². The predicted molar refractivity (Wildman–Crippen MR) is 43.7 cm³/mol. The average Bonchev–Trinajstić information content (AvgIpc) is 2.50. The Bertz CT molecular complexity index is 186. The van der Waals surface area contributed by atoms with Gasteiger partial charge in [0.1, 0.15) is 0 Å². The van der Waals surface area contributed by atoms with Crippen molar-refractivity contribution in [3.8, 4) is 0 Å². The van der Waals surface area contributed by atoms with Crippen LogP contribution in [0.15, 0.2) is 0 Å². The number of nitrogens with zero attached hydrogens (tertiary/aromatic N) is 1. The number of alkyl halides is 3. The standard InChI is InChI=1S/C8H14F3NO2/c9-8(10,11)7(14)4-12-3-1-2-6(12)5-13/h6-7,13-14H,1-5H2/t6-,7?/m1/s1. The van der Waals surface area contributed by atoms with Crippen molar-refractivity contribution in [3.05, 3.63) is 0 Å². The summed E-state index contributed by atoms with van der Waals surface area (Å²) in [5, 5.41) is 17.7. The predicted octanol–water partition coefficient (Wildman–Crippen LogP) is 0.366. The van der Waals surface area contributed by atoms with Crippen molar-refractivity contribution in [2.75, 3.05) is 19.7 Å². The van der Waals surface area contributed by atoms with Crippen molar-refractivity contribution in [1.82, 2.24) is 4.90 Å². The molecule has 3 nitrogen and oxygen atoms in total. The molecule has 1 aliphatic rings. The normalized spacial score (nSPS) is 26.8. The van der Waals surface area contributed by atoms with Crippen molar-refractivity contribution in [2.24, 2.45) is 0 Å². The van der Waals surface area contributed by atoms with Gasteiger partial charge in [-0.25, -0.2) is 0 Å². The summed E-state index contributed by atoms with van der Waals surface area (Å²) in [6.07, 6.45) is -5.41. The maximum Gasteiger partial charge on any atom is 0.415 e. The van der Waals surface area contributed by atoms with Gasteiger partial charge in [0.25, 0.3) is 0 Å². The molecule has 6 heteroatoms. The number of rotatable bonds is 3. The van der Waals surface area contributed by atoms with Crippen molar-refractivity contribution < 1.29 is 23.4 Å². The summed E-state index contributed by atoms with van der Waals surface area (Å²) >= 11 is 0. The Morgan fingerprint density at radius 2 is 2.07 bits per heavy atom. The zero-order chi connectivity index (χ0) is 10.8. The Morgan fingerprint density at radius 1 is 1.43 bits per heavy atom. The molecule has 0 aromatic heterocycles. The van der Waals surface area contributed by atoms with Crippen LogP contribution in [-0.4, -0.2) is 53.1 Å². The summed E-state index contributed by atoms with van der Waals surface area (Å²) in [6.45, 7) is -0.0718. The monoisotopic (exact) mass is 213 g/mol. The fourth-order valence-electron chi connectivity index (χ4n) is 1.67. The van der Waals surface area contributed by atoms with E-state index in [1.165, 1.54) is 4.90 Å². The van der Waals surface area contributed by atoms with Crippen LogP contribution >= 0.6 is 0 Å². The van der Waals surface area contributed by atoms with Crippen LogP contribution in [0.5, 0.6) is 0 Å². The first kappa shape index (κ1) is 11.7. The van der Waals surface area contributed by atoms with Gasteiger partial charge in [-0.05, 0) is 19.4 Å². The Morgan fingerprint density at radius 3 is 2.57 bits per heavy atom. The van der Waals surface area contributed by atoms with E-state index in [1.807, 2.05) is 0 Å². The molecule has 0 aliphatic carbocycles. The quantitative estimate of drug-likeness (QED) is 0.711. The minimum Gasteiger partial charge on any atom is -0.395 e. The van der Waals surface area contributed by atoms with Gasteiger partial charge in [-0.15, -0.1) is 0 Å². The minimum atomic E-state index is -4.57. The Kier molecular flexibility index (Phi) is 3.74. The van der Waals surface area contributed by atoms with Crippen molar-refractivity contribution in [2.45, 2.75) is 31.2 Å². The van der Waals surface area contributed by atoms with E-state index in [0.717, 1.165) is 6.42 Å². The van der Waals surface area contributed by atoms with Crippen LogP contribution in [0.2, 0.25) is 0 Å². The lowest BCUT2D eigenvalue weighted by Crippen LogP contribution is -2.43. The Hall–Kier alpha value is -0.330. The number of aliphatic hydroxyl groups is 2. The third-order valence-corrected chi connectivity index (χ3v) is 2.50. The van der Waals surface area contributed by atoms with Crippen LogP contribution in [-0.2, 0) is 0 Å². The van der Waals surface area contributed by atoms with Crippen LogP contribution in [0.1, 0.15) is 12.8 Å². The molecule has 1 unspecified atom stereocenters. The van der Waals surface area contributed by atoms with E-state index in [2.05, 4.69) is 0 Å². The highest BCUT2D eigenvalue weighted by molar-refractivity contribution is 4.82. The van der Waals surface area contributed by atoms with Crippen LogP contribution in [0.25, 0.3) is 0 Å². The van der Waals surface area contributed by atoms with Crippen LogP contribution in [0.4, 0.5) is 13.2 Å². The van der Waals surface area contributed by atoms with Crippen LogP contribution in [0.3, 0.4) is 0 Å². The SMILES string of the molecule is OC[C@H]1CCCN1CC(O)C(F)(F)F. The molecule has 0 aromatic carbocycles. The highest BCUT2D eigenvalue weighted by Crippen LogP contribution is 2.24. The summed E-state index contributed by atoms with van der Waals surface area (Å²) in [5.41, 5.74) is 0. The highest BCUT2D eigenvalue weighted by atomic mass is 19.4. The molecule has 1 saturated heterocycles. The zero-order valence-electron chi connectivity index (χ0n) is 7.67. The third kappa shape index (κ3) is 2.83. The lowest BCUT2D eigenvalue weighted by molar-refractivity contribution is -0.208. The van der Waals surface area contributed by atoms with E-state index in [4.69, 9.17) is 10.2 Å². The molecular formula is C8H14F3NO2. The molecular weight excluding hydrogens is 199 g/mol. The molecule has 14 heavy (non-hydrogen) atoms. The van der Waals surface area contributed by atoms with Gasteiger partial charge in [0, 0.05) is 12.6 Å². The summed E-state index contributed by atoms with van der Waals surface area (Å²) in [7, 11) is 0. The minimum absolute atomic E-state index is 0.148. The zero-order valence-corrected chi connectivity index (χ0v) is 7.67. The molecule has 0 radical (unpaired) electrons. The fraction of sp³-hybridized carbons (Fsp3) is 1.00. The molecule has 1 fully saturated rings. The molecule has 0 amide bonds. The second-order valence-electron chi connectivity index (χ2n) is 3.53. The fourth-order valence-corrected chi connectivity index (χ4v) is 1.67. The third-order valence-electron chi connectivity index (χ3n) is 2.50. The van der Waals surface area contributed by atoms with Gasteiger partial charge in [0.15, 0.2) is 6.10 Å². The van der Waals surface area contributed by atoms with Gasteiger partial charge in [-0.3, -0.25) is 4.90 Å². The smallest absolute Gasteiger partial charge is 0.395 e. The van der Waals surface area contributed by atoms with E-state index >= 15 is 0 Å². The molecule has 1 rings (SSSR count). The van der Waals surface area contributed by atoms with E-state index in [9.17, 15) is 13.2 Å². The van der Waals surface area contributed by atoms with Crippen LogP contribution < -0.4 is 0 Å². The van der Waals surface area contributed by atoms with Crippen molar-refractivity contribution >= 4 is 0 Å². The van der Waals surface area contributed by atoms with E-state index in [1.54, 1.807) is 0 Å². The Balaban J connectivity index is 2.43. The molecule has 1 heterocycles. The maximum atomic E-state index is 12.0. The molecule has 0 spiro atoms. The van der Waals surface area contributed by atoms with Gasteiger partial charge in [-0.2, -0.15) is 13.2 Å². The van der Waals surface area contributed by atoms with Crippen molar-refractivity contribution in [1.29, 1.82) is 0 Å². The number of aliphatic hydroxyl groups excluding tert-OH is 2. The molecule has 0 aromatic rings. The highest BCUT2D eigenvalue weighted by Gasteiger charge is 2.40. The number of β-amino-alcohol motifs (C(OH)–C–C–N with tert-alkyl or cyclic N) is 1. The van der Waals surface area contributed by atoms with E-state index in [0.29, 0.717) is 13.0 Å². The second kappa shape index (κ2) is 4.46. The largest absolute Gasteiger partial charge is 0.415 e. The number of halogens is 3. The van der Waals surface area contributed by atoms with E-state index in [-0.39, 0.29) is 12.6 Å². The first-order valence-corrected chi connectivity index (χ1v) is 4.55.